The summed E-state index contributed by atoms with van der Waals surface area (Å²) in [5.41, 5.74) is 14.7. The Hall–Kier alpha value is -8.41. The maximum absolute atomic E-state index is 6.91. The van der Waals surface area contributed by atoms with E-state index in [0.29, 0.717) is 17.5 Å². The van der Waals surface area contributed by atoms with Gasteiger partial charge in [0.05, 0.1) is 16.4 Å². The summed E-state index contributed by atoms with van der Waals surface area (Å²) in [6.45, 7) is 0. The highest BCUT2D eigenvalue weighted by molar-refractivity contribution is 6.24. The van der Waals surface area contributed by atoms with Gasteiger partial charge in [0.15, 0.2) is 17.5 Å². The minimum Gasteiger partial charge on any atom is -0.455 e. The number of fused-ring (bicyclic) bond motifs is 7. The third kappa shape index (κ3) is 6.14. The molecule has 0 spiro atoms. The normalized spacial score (nSPS) is 11.5. The maximum atomic E-state index is 6.91. The molecule has 12 rings (SSSR count). The van der Waals surface area contributed by atoms with Crippen LogP contribution in [0.4, 0.5) is 0 Å². The summed E-state index contributed by atoms with van der Waals surface area (Å²) in [7, 11) is 0. The van der Waals surface area contributed by atoms with Gasteiger partial charge in [-0.25, -0.2) is 15.0 Å². The van der Waals surface area contributed by atoms with Gasteiger partial charge in [0.25, 0.3) is 0 Å². The van der Waals surface area contributed by atoms with Gasteiger partial charge in [-0.1, -0.05) is 170 Å². The second kappa shape index (κ2) is 14.7. The first-order chi connectivity index (χ1) is 30.7. The molecule has 0 bridgehead atoms. The SMILES string of the molecule is c1ccc(-c2ccc(-c3nc(-c4ccccc4)nc(-c4ccc5c(c4)oc4c5ccc5c4c4ccccc4n5-c4ccc(-c5cccc(-c6ccccc6)c5)cc4)n3)cc2)cc1. The summed E-state index contributed by atoms with van der Waals surface area (Å²) in [5, 5.41) is 4.33. The van der Waals surface area contributed by atoms with Crippen molar-refractivity contribution in [2.75, 3.05) is 0 Å². The van der Waals surface area contributed by atoms with Gasteiger partial charge in [-0.3, -0.25) is 0 Å². The van der Waals surface area contributed by atoms with E-state index in [1.807, 2.05) is 36.4 Å². The molecule has 0 atom stereocenters. The standard InChI is InChI=1S/C57H36N4O/c1-4-13-37(14-5-1)39-23-25-42(26-24-39)56-58-55(41-17-8-3-9-18-41)59-57(60-56)45-29-32-47-48-33-34-51-53(54(48)62-52(47)36-45)49-21-10-11-22-50(49)61(51)46-30-27-40(28-31-46)44-20-12-19-43(35-44)38-15-6-2-7-16-38/h1-36H. The molecule has 5 heteroatoms. The zero-order valence-corrected chi connectivity index (χ0v) is 33.5. The maximum Gasteiger partial charge on any atom is 0.164 e. The Labute approximate surface area is 357 Å². The summed E-state index contributed by atoms with van der Waals surface area (Å²) in [6.07, 6.45) is 0. The van der Waals surface area contributed by atoms with Crippen LogP contribution in [0.15, 0.2) is 223 Å². The Morgan fingerprint density at radius 3 is 1.45 bits per heavy atom. The number of furan rings is 1. The van der Waals surface area contributed by atoms with Gasteiger partial charge in [0.1, 0.15) is 11.2 Å². The lowest BCUT2D eigenvalue weighted by atomic mass is 9.99. The van der Waals surface area contributed by atoms with Crippen LogP contribution < -0.4 is 0 Å². The lowest BCUT2D eigenvalue weighted by Crippen LogP contribution is -2.00. The van der Waals surface area contributed by atoms with Crippen LogP contribution in [0.3, 0.4) is 0 Å². The van der Waals surface area contributed by atoms with Crippen LogP contribution in [-0.2, 0) is 0 Å². The molecular weight excluding hydrogens is 757 g/mol. The third-order valence-corrected chi connectivity index (χ3v) is 11.9. The first-order valence-corrected chi connectivity index (χ1v) is 20.8. The third-order valence-electron chi connectivity index (χ3n) is 11.9. The minimum atomic E-state index is 0.584. The predicted molar refractivity (Wildman–Crippen MR) is 254 cm³/mol. The number of para-hydroxylation sites is 1. The second-order valence-corrected chi connectivity index (χ2v) is 15.6. The van der Waals surface area contributed by atoms with E-state index >= 15 is 0 Å². The van der Waals surface area contributed by atoms with Gasteiger partial charge < -0.3 is 8.98 Å². The van der Waals surface area contributed by atoms with Crippen LogP contribution in [0.2, 0.25) is 0 Å². The van der Waals surface area contributed by atoms with E-state index < -0.39 is 0 Å². The van der Waals surface area contributed by atoms with E-state index in [1.165, 1.54) is 22.3 Å². The topological polar surface area (TPSA) is 56.7 Å². The van der Waals surface area contributed by atoms with E-state index in [0.717, 1.165) is 77.2 Å². The Balaban J connectivity index is 0.951. The summed E-state index contributed by atoms with van der Waals surface area (Å²) in [6, 6.07) is 76.3. The molecule has 0 fully saturated rings. The van der Waals surface area contributed by atoms with Crippen molar-refractivity contribution in [2.45, 2.75) is 0 Å². The van der Waals surface area contributed by atoms with Gasteiger partial charge in [-0.2, -0.15) is 0 Å². The zero-order valence-electron chi connectivity index (χ0n) is 33.5. The fourth-order valence-corrected chi connectivity index (χ4v) is 8.81. The summed E-state index contributed by atoms with van der Waals surface area (Å²) < 4.78 is 9.25. The molecule has 0 saturated carbocycles. The van der Waals surface area contributed by atoms with Gasteiger partial charge in [0, 0.05) is 38.5 Å². The molecule has 0 saturated heterocycles. The van der Waals surface area contributed by atoms with E-state index in [9.17, 15) is 0 Å². The molecule has 12 aromatic rings. The smallest absolute Gasteiger partial charge is 0.164 e. The molecule has 290 valence electrons. The fourth-order valence-electron chi connectivity index (χ4n) is 8.81. The summed E-state index contributed by atoms with van der Waals surface area (Å²) in [5.74, 6) is 1.81. The van der Waals surface area contributed by atoms with Crippen molar-refractivity contribution in [3.63, 3.8) is 0 Å². The molecule has 0 aliphatic carbocycles. The number of benzene rings is 9. The van der Waals surface area contributed by atoms with Crippen molar-refractivity contribution < 1.29 is 4.42 Å². The van der Waals surface area contributed by atoms with E-state index in [1.54, 1.807) is 0 Å². The monoisotopic (exact) mass is 792 g/mol. The first-order valence-electron chi connectivity index (χ1n) is 20.8. The molecule has 0 aliphatic rings. The Morgan fingerprint density at radius 2 is 0.774 bits per heavy atom. The van der Waals surface area contributed by atoms with Crippen LogP contribution in [-0.4, -0.2) is 19.5 Å². The summed E-state index contributed by atoms with van der Waals surface area (Å²) in [4.78, 5) is 15.1. The number of hydrogen-bond acceptors (Lipinski definition) is 4. The van der Waals surface area contributed by atoms with Gasteiger partial charge in [0.2, 0.25) is 0 Å². The Morgan fingerprint density at radius 1 is 0.306 bits per heavy atom. The van der Waals surface area contributed by atoms with Crippen molar-refractivity contribution in [2.24, 2.45) is 0 Å². The van der Waals surface area contributed by atoms with Crippen molar-refractivity contribution in [1.82, 2.24) is 19.5 Å². The number of hydrogen-bond donors (Lipinski definition) is 0. The van der Waals surface area contributed by atoms with Gasteiger partial charge >= 0.3 is 0 Å². The predicted octanol–water partition coefficient (Wildman–Crippen LogP) is 14.9. The molecule has 0 radical (unpaired) electrons. The highest BCUT2D eigenvalue weighted by Gasteiger charge is 2.20. The molecule has 5 nitrogen and oxygen atoms in total. The minimum absolute atomic E-state index is 0.584. The molecule has 0 amide bonds. The molecule has 0 N–H and O–H groups in total. The van der Waals surface area contributed by atoms with Gasteiger partial charge in [-0.05, 0) is 81.9 Å². The van der Waals surface area contributed by atoms with Crippen LogP contribution in [0.1, 0.15) is 0 Å². The molecular formula is C57H36N4O. The van der Waals surface area contributed by atoms with Crippen LogP contribution in [0, 0.1) is 0 Å². The molecule has 0 unspecified atom stereocenters. The average Bonchev–Trinajstić information content (AvgIpc) is 3.90. The number of rotatable bonds is 7. The Kier molecular flexibility index (Phi) is 8.42. The molecule has 62 heavy (non-hydrogen) atoms. The molecule has 3 aromatic heterocycles. The lowest BCUT2D eigenvalue weighted by Gasteiger charge is -2.10. The highest BCUT2D eigenvalue weighted by atomic mass is 16.3. The largest absolute Gasteiger partial charge is 0.455 e. The van der Waals surface area contributed by atoms with Gasteiger partial charge in [-0.15, -0.1) is 0 Å². The van der Waals surface area contributed by atoms with Crippen molar-refractivity contribution in [3.05, 3.63) is 218 Å². The number of nitrogens with zero attached hydrogens (tertiary/aromatic N) is 4. The average molecular weight is 793 g/mol. The fraction of sp³-hybridized carbons (Fsp3) is 0. The van der Waals surface area contributed by atoms with Crippen molar-refractivity contribution in [3.8, 4) is 73.2 Å². The first kappa shape index (κ1) is 35.5. The number of aromatic nitrogens is 4. The quantitative estimate of drug-likeness (QED) is 0.161. The second-order valence-electron chi connectivity index (χ2n) is 15.6. The zero-order chi connectivity index (χ0) is 41.0. The van der Waals surface area contributed by atoms with Crippen LogP contribution in [0.25, 0.3) is 117 Å². The molecule has 0 aliphatic heterocycles. The van der Waals surface area contributed by atoms with E-state index in [4.69, 9.17) is 19.4 Å². The van der Waals surface area contributed by atoms with E-state index in [-0.39, 0.29) is 0 Å². The molecule has 9 aromatic carbocycles. The van der Waals surface area contributed by atoms with E-state index in [2.05, 4.69) is 187 Å². The lowest BCUT2D eigenvalue weighted by molar-refractivity contribution is 0.673. The molecule has 3 heterocycles. The Bertz CT molecular complexity index is 3590. The summed E-state index contributed by atoms with van der Waals surface area (Å²) >= 11 is 0. The van der Waals surface area contributed by atoms with Crippen molar-refractivity contribution in [1.29, 1.82) is 0 Å². The van der Waals surface area contributed by atoms with Crippen LogP contribution in [0.5, 0.6) is 0 Å². The van der Waals surface area contributed by atoms with Crippen LogP contribution >= 0.6 is 0 Å². The van der Waals surface area contributed by atoms with Crippen molar-refractivity contribution >= 4 is 43.7 Å². The highest BCUT2D eigenvalue weighted by Crippen LogP contribution is 2.42.